The summed E-state index contributed by atoms with van der Waals surface area (Å²) in [7, 11) is 0. The molecule has 30 heavy (non-hydrogen) atoms. The summed E-state index contributed by atoms with van der Waals surface area (Å²) >= 11 is 0. The van der Waals surface area contributed by atoms with Crippen LogP contribution < -0.4 is 4.90 Å². The molecule has 0 saturated heterocycles. The van der Waals surface area contributed by atoms with Crippen LogP contribution in [-0.2, 0) is 25.0 Å². The van der Waals surface area contributed by atoms with E-state index in [4.69, 9.17) is 9.78 Å². The summed E-state index contributed by atoms with van der Waals surface area (Å²) in [5, 5.41) is 0. The van der Waals surface area contributed by atoms with Gasteiger partial charge in [-0.1, -0.05) is 26.0 Å². The van der Waals surface area contributed by atoms with Crippen LogP contribution in [0.2, 0.25) is 0 Å². The van der Waals surface area contributed by atoms with Gasteiger partial charge in [0, 0.05) is 11.1 Å². The van der Waals surface area contributed by atoms with Crippen molar-refractivity contribution in [2.75, 3.05) is 4.90 Å². The topological polar surface area (TPSA) is 55.8 Å². The molecule has 4 aliphatic rings. The van der Waals surface area contributed by atoms with Gasteiger partial charge in [-0.15, -0.1) is 0 Å². The molecule has 5 rings (SSSR count). The molecule has 5 heteroatoms. The minimum absolute atomic E-state index is 0.263. The van der Waals surface area contributed by atoms with Crippen molar-refractivity contribution in [2.45, 2.75) is 78.9 Å². The fourth-order valence-electron chi connectivity index (χ4n) is 5.53. The molecule has 3 saturated carbocycles. The fourth-order valence-corrected chi connectivity index (χ4v) is 5.53. The zero-order valence-corrected chi connectivity index (χ0v) is 19.2. The zero-order chi connectivity index (χ0) is 22.1. The Morgan fingerprint density at radius 3 is 2.27 bits per heavy atom. The fraction of sp³-hybridized carbons (Fsp3) is 0.600. The van der Waals surface area contributed by atoms with Crippen LogP contribution in [-0.4, -0.2) is 17.4 Å². The average Bonchev–Trinajstić information content (AvgIpc) is 2.89. The number of imide groups is 1. The van der Waals surface area contributed by atoms with E-state index in [1.807, 2.05) is 32.0 Å². The first-order valence-electron chi connectivity index (χ1n) is 10.9. The van der Waals surface area contributed by atoms with Gasteiger partial charge in [-0.2, -0.15) is 0 Å². The molecule has 3 fully saturated rings. The highest BCUT2D eigenvalue weighted by atomic mass is 17.2. The Kier molecular flexibility index (Phi) is 4.79. The molecule has 0 N–H and O–H groups in total. The van der Waals surface area contributed by atoms with Crippen molar-refractivity contribution < 1.29 is 19.4 Å². The highest BCUT2D eigenvalue weighted by Gasteiger charge is 2.61. The molecule has 3 unspecified atom stereocenters. The van der Waals surface area contributed by atoms with E-state index < -0.39 is 5.60 Å². The lowest BCUT2D eigenvalue weighted by Crippen LogP contribution is -2.61. The van der Waals surface area contributed by atoms with E-state index in [1.165, 1.54) is 17.7 Å². The average molecular weight is 412 g/mol. The molecule has 1 aromatic rings. The smallest absolute Gasteiger partial charge is 0.261 e. The van der Waals surface area contributed by atoms with Crippen molar-refractivity contribution in [3.63, 3.8) is 0 Å². The van der Waals surface area contributed by atoms with Crippen molar-refractivity contribution in [1.82, 2.24) is 0 Å². The number of benzene rings is 1. The van der Waals surface area contributed by atoms with Gasteiger partial charge >= 0.3 is 0 Å². The van der Waals surface area contributed by atoms with Crippen LogP contribution in [0.25, 0.3) is 0 Å². The van der Waals surface area contributed by atoms with Gasteiger partial charge < -0.3 is 0 Å². The number of carbonyl (C=O) groups excluding carboxylic acids is 2. The Labute approximate surface area is 179 Å². The molecule has 3 aliphatic carbocycles. The van der Waals surface area contributed by atoms with Crippen LogP contribution in [0.3, 0.4) is 0 Å². The maximum Gasteiger partial charge on any atom is 0.261 e. The SMILES string of the molecule is CC1=C(C)C(=O)N(c2cccc(C(C)(C)OOC3(C)CCC4CC3C4(C)C)c2)C1=O. The van der Waals surface area contributed by atoms with Crippen LogP contribution in [0.4, 0.5) is 5.69 Å². The Morgan fingerprint density at radius 2 is 1.70 bits per heavy atom. The summed E-state index contributed by atoms with van der Waals surface area (Å²) in [6.45, 7) is 14.1. The molecular weight excluding hydrogens is 378 g/mol. The summed E-state index contributed by atoms with van der Waals surface area (Å²) < 4.78 is 0. The monoisotopic (exact) mass is 411 g/mol. The Bertz CT molecular complexity index is 918. The number of hydrogen-bond acceptors (Lipinski definition) is 4. The van der Waals surface area contributed by atoms with Crippen LogP contribution in [0.15, 0.2) is 35.4 Å². The van der Waals surface area contributed by atoms with Crippen LogP contribution in [0.1, 0.15) is 73.3 Å². The first-order valence-corrected chi connectivity index (χ1v) is 10.9. The second-order valence-corrected chi connectivity index (χ2v) is 10.6. The molecule has 162 valence electrons. The molecule has 0 radical (unpaired) electrons. The summed E-state index contributed by atoms with van der Waals surface area (Å²) in [6, 6.07) is 7.41. The molecular formula is C25H33NO4. The first-order chi connectivity index (χ1) is 13.9. The van der Waals surface area contributed by atoms with Gasteiger partial charge in [0.1, 0.15) is 11.2 Å². The van der Waals surface area contributed by atoms with Crippen LogP contribution in [0.5, 0.6) is 0 Å². The van der Waals surface area contributed by atoms with Crippen LogP contribution >= 0.6 is 0 Å². The zero-order valence-electron chi connectivity index (χ0n) is 19.2. The van der Waals surface area contributed by atoms with E-state index in [0.29, 0.717) is 28.2 Å². The lowest BCUT2D eigenvalue weighted by atomic mass is 9.44. The second-order valence-electron chi connectivity index (χ2n) is 10.6. The van der Waals surface area contributed by atoms with E-state index in [-0.39, 0.29) is 17.4 Å². The molecule has 0 aromatic heterocycles. The normalized spacial score (nSPS) is 30.7. The molecule has 1 aliphatic heterocycles. The van der Waals surface area contributed by atoms with E-state index in [2.05, 4.69) is 20.8 Å². The standard InChI is InChI=1S/C25H33NO4/c1-15-16(2)22(28)26(21(15)27)19-10-8-9-18(13-19)24(5,6)29-30-25(7)12-11-17-14-20(25)23(17,3)4/h8-10,13,17,20H,11-12,14H2,1-7H3. The highest BCUT2D eigenvalue weighted by molar-refractivity contribution is 6.32. The minimum Gasteiger partial charge on any atom is -0.269 e. The predicted molar refractivity (Wildman–Crippen MR) is 116 cm³/mol. The van der Waals surface area contributed by atoms with Gasteiger partial charge in [0.05, 0.1) is 5.69 Å². The summed E-state index contributed by atoms with van der Waals surface area (Å²) in [5.41, 5.74) is 1.67. The van der Waals surface area contributed by atoms with Gasteiger partial charge in [0.15, 0.2) is 0 Å². The number of hydrogen-bond donors (Lipinski definition) is 0. The third-order valence-electron chi connectivity index (χ3n) is 8.05. The predicted octanol–water partition coefficient (Wildman–Crippen LogP) is 5.29. The first kappa shape index (κ1) is 21.3. The van der Waals surface area contributed by atoms with Crippen molar-refractivity contribution in [2.24, 2.45) is 17.3 Å². The van der Waals surface area contributed by atoms with Gasteiger partial charge in [-0.05, 0) is 88.8 Å². The van der Waals surface area contributed by atoms with E-state index in [1.54, 1.807) is 19.9 Å². The number of fused-ring (bicyclic) bond motifs is 2. The summed E-state index contributed by atoms with van der Waals surface area (Å²) in [5.74, 6) is 0.755. The Balaban J connectivity index is 1.52. The van der Waals surface area contributed by atoms with Gasteiger partial charge in [0.25, 0.3) is 11.8 Å². The Morgan fingerprint density at radius 1 is 1.07 bits per heavy atom. The van der Waals surface area contributed by atoms with Gasteiger partial charge in [-0.25, -0.2) is 14.7 Å². The lowest BCUT2D eigenvalue weighted by Gasteiger charge is -2.63. The number of nitrogens with zero attached hydrogens (tertiary/aromatic N) is 1. The summed E-state index contributed by atoms with van der Waals surface area (Å²) in [4.78, 5) is 38.6. The number of rotatable bonds is 5. The van der Waals surface area contributed by atoms with Gasteiger partial charge in [0.2, 0.25) is 0 Å². The molecule has 1 aromatic carbocycles. The molecule has 3 atom stereocenters. The van der Waals surface area contributed by atoms with Crippen molar-refractivity contribution in [1.29, 1.82) is 0 Å². The third kappa shape index (κ3) is 3.05. The molecule has 2 amide bonds. The third-order valence-corrected chi connectivity index (χ3v) is 8.05. The molecule has 1 heterocycles. The van der Waals surface area contributed by atoms with Crippen molar-refractivity contribution in [3.8, 4) is 0 Å². The number of anilines is 1. The maximum atomic E-state index is 12.6. The second kappa shape index (κ2) is 6.76. The molecule has 2 bridgehead atoms. The minimum atomic E-state index is -0.729. The molecule has 0 spiro atoms. The van der Waals surface area contributed by atoms with E-state index in [9.17, 15) is 9.59 Å². The van der Waals surface area contributed by atoms with Gasteiger partial charge in [-0.3, -0.25) is 9.59 Å². The summed E-state index contributed by atoms with van der Waals surface area (Å²) in [6.07, 6.45) is 3.38. The maximum absolute atomic E-state index is 12.6. The Hall–Kier alpha value is -1.98. The number of carbonyl (C=O) groups is 2. The molecule has 5 nitrogen and oxygen atoms in total. The van der Waals surface area contributed by atoms with E-state index >= 15 is 0 Å². The lowest BCUT2D eigenvalue weighted by molar-refractivity contribution is -0.439. The van der Waals surface area contributed by atoms with E-state index in [0.717, 1.165) is 17.9 Å². The van der Waals surface area contributed by atoms with Crippen molar-refractivity contribution in [3.05, 3.63) is 41.0 Å². The number of amides is 2. The largest absolute Gasteiger partial charge is 0.269 e. The highest BCUT2D eigenvalue weighted by Crippen LogP contribution is 2.63. The van der Waals surface area contributed by atoms with Crippen molar-refractivity contribution >= 4 is 17.5 Å². The van der Waals surface area contributed by atoms with Crippen LogP contribution in [0, 0.1) is 17.3 Å². The quantitative estimate of drug-likeness (QED) is 0.375.